The zero-order valence-corrected chi connectivity index (χ0v) is 13.9. The molecular weight excluding hydrogens is 326 g/mol. The summed E-state index contributed by atoms with van der Waals surface area (Å²) in [4.78, 5) is 28.6. The largest absolute Gasteiger partial charge is 0.320 e. The number of thiazole rings is 1. The molecule has 3 N–H and O–H groups in total. The van der Waals surface area contributed by atoms with Gasteiger partial charge in [0.05, 0.1) is 0 Å². The Hall–Kier alpha value is -3.00. The zero-order valence-electron chi connectivity index (χ0n) is 13.1. The quantitative estimate of drug-likeness (QED) is 0.679. The maximum Gasteiger partial charge on any atom is 0.276 e. The van der Waals surface area contributed by atoms with Gasteiger partial charge in [0.1, 0.15) is 0 Å². The minimum Gasteiger partial charge on any atom is -0.320 e. The van der Waals surface area contributed by atoms with Crippen LogP contribution in [-0.4, -0.2) is 27.0 Å². The number of nitrogens with zero attached hydrogens (tertiary/aromatic N) is 2. The Bertz CT molecular complexity index is 886. The van der Waals surface area contributed by atoms with Crippen molar-refractivity contribution < 1.29 is 9.59 Å². The number of rotatable bonds is 4. The molecule has 2 amide bonds. The Morgan fingerprint density at radius 3 is 2.67 bits per heavy atom. The van der Waals surface area contributed by atoms with E-state index in [1.807, 2.05) is 6.92 Å². The summed E-state index contributed by atoms with van der Waals surface area (Å²) in [5.74, 6) is -0.603. The lowest BCUT2D eigenvalue weighted by atomic mass is 10.1. The molecule has 0 radical (unpaired) electrons. The van der Waals surface area contributed by atoms with Gasteiger partial charge in [-0.3, -0.25) is 20.0 Å². The van der Waals surface area contributed by atoms with Gasteiger partial charge in [-0.05, 0) is 37.6 Å². The first-order chi connectivity index (χ1) is 11.5. The molecular formula is C16H15N5O2S. The number of aromatic nitrogens is 3. The Kier molecular flexibility index (Phi) is 4.39. The van der Waals surface area contributed by atoms with E-state index in [2.05, 4.69) is 25.8 Å². The van der Waals surface area contributed by atoms with Gasteiger partial charge < -0.3 is 5.32 Å². The van der Waals surface area contributed by atoms with Crippen LogP contribution in [0.15, 0.2) is 35.8 Å². The standard InChI is InChI=1S/C16H15N5O2S/c1-9-8-13(21-20-9)15(23)18-12-5-3-4-11(10(12)2)14(22)19-16-17-6-7-24-16/h3-8H,1-2H3,(H,18,23)(H,20,21)(H,17,19,22). The van der Waals surface area contributed by atoms with Crippen molar-refractivity contribution in [1.82, 2.24) is 15.2 Å². The maximum absolute atomic E-state index is 12.4. The van der Waals surface area contributed by atoms with E-state index in [4.69, 9.17) is 0 Å². The smallest absolute Gasteiger partial charge is 0.276 e. The van der Waals surface area contributed by atoms with Crippen molar-refractivity contribution in [3.63, 3.8) is 0 Å². The van der Waals surface area contributed by atoms with E-state index in [9.17, 15) is 9.59 Å². The predicted molar refractivity (Wildman–Crippen MR) is 92.5 cm³/mol. The first-order valence-electron chi connectivity index (χ1n) is 7.18. The first kappa shape index (κ1) is 15.9. The molecule has 0 bridgehead atoms. The summed E-state index contributed by atoms with van der Waals surface area (Å²) >= 11 is 1.34. The number of carbonyl (C=O) groups is 2. The van der Waals surface area contributed by atoms with Gasteiger partial charge in [-0.1, -0.05) is 6.07 Å². The van der Waals surface area contributed by atoms with E-state index >= 15 is 0 Å². The van der Waals surface area contributed by atoms with Crippen LogP contribution in [0.1, 0.15) is 32.1 Å². The van der Waals surface area contributed by atoms with E-state index in [1.54, 1.807) is 42.8 Å². The highest BCUT2D eigenvalue weighted by atomic mass is 32.1. The molecule has 0 aliphatic carbocycles. The molecule has 8 heteroatoms. The van der Waals surface area contributed by atoms with Crippen molar-refractivity contribution in [2.45, 2.75) is 13.8 Å². The van der Waals surface area contributed by atoms with Crippen molar-refractivity contribution in [2.24, 2.45) is 0 Å². The lowest BCUT2D eigenvalue weighted by molar-refractivity contribution is 0.101. The highest BCUT2D eigenvalue weighted by molar-refractivity contribution is 7.13. The lowest BCUT2D eigenvalue weighted by Crippen LogP contribution is -2.17. The molecule has 3 rings (SSSR count). The molecule has 7 nitrogen and oxygen atoms in total. The molecule has 2 heterocycles. The van der Waals surface area contributed by atoms with Crippen LogP contribution in [0.4, 0.5) is 10.8 Å². The molecule has 2 aromatic heterocycles. The Labute approximate surface area is 142 Å². The predicted octanol–water partition coefficient (Wildman–Crippen LogP) is 2.99. The third-order valence-corrected chi connectivity index (χ3v) is 4.11. The van der Waals surface area contributed by atoms with E-state index in [-0.39, 0.29) is 11.8 Å². The molecule has 122 valence electrons. The summed E-state index contributed by atoms with van der Waals surface area (Å²) in [6.07, 6.45) is 1.62. The van der Waals surface area contributed by atoms with Crippen LogP contribution in [0, 0.1) is 13.8 Å². The summed E-state index contributed by atoms with van der Waals surface area (Å²) in [7, 11) is 0. The third-order valence-electron chi connectivity index (χ3n) is 3.42. The van der Waals surface area contributed by atoms with Crippen molar-refractivity contribution in [1.29, 1.82) is 0 Å². The monoisotopic (exact) mass is 341 g/mol. The molecule has 0 aliphatic heterocycles. The van der Waals surface area contributed by atoms with Crippen LogP contribution in [0.3, 0.4) is 0 Å². The number of nitrogens with one attached hydrogen (secondary N) is 3. The first-order valence-corrected chi connectivity index (χ1v) is 8.06. The van der Waals surface area contributed by atoms with Gasteiger partial charge in [-0.15, -0.1) is 11.3 Å². The second-order valence-electron chi connectivity index (χ2n) is 5.16. The summed E-state index contributed by atoms with van der Waals surface area (Å²) < 4.78 is 0. The molecule has 0 saturated heterocycles. The van der Waals surface area contributed by atoms with Crippen LogP contribution in [-0.2, 0) is 0 Å². The number of benzene rings is 1. The third kappa shape index (κ3) is 3.33. The molecule has 0 unspecified atom stereocenters. The number of hydrogen-bond acceptors (Lipinski definition) is 5. The van der Waals surface area contributed by atoms with Crippen molar-refractivity contribution >= 4 is 34.0 Å². The number of amides is 2. The number of hydrogen-bond donors (Lipinski definition) is 3. The second-order valence-corrected chi connectivity index (χ2v) is 6.05. The lowest BCUT2D eigenvalue weighted by Gasteiger charge is -2.11. The van der Waals surface area contributed by atoms with Gasteiger partial charge in [0, 0.05) is 28.5 Å². The SMILES string of the molecule is Cc1cc(C(=O)Nc2cccc(C(=O)Nc3nccs3)c2C)n[nH]1. The topological polar surface area (TPSA) is 99.8 Å². The molecule has 0 aliphatic rings. The van der Waals surface area contributed by atoms with Gasteiger partial charge in [0.15, 0.2) is 10.8 Å². The zero-order chi connectivity index (χ0) is 17.1. The fourth-order valence-electron chi connectivity index (χ4n) is 2.19. The van der Waals surface area contributed by atoms with Crippen LogP contribution < -0.4 is 10.6 Å². The average molecular weight is 341 g/mol. The van der Waals surface area contributed by atoms with E-state index < -0.39 is 0 Å². The van der Waals surface area contributed by atoms with E-state index in [0.29, 0.717) is 27.6 Å². The van der Waals surface area contributed by atoms with Gasteiger partial charge in [-0.25, -0.2) is 4.98 Å². The van der Waals surface area contributed by atoms with Gasteiger partial charge in [0.25, 0.3) is 11.8 Å². The Balaban J connectivity index is 1.80. The normalized spacial score (nSPS) is 10.4. The Morgan fingerprint density at radius 1 is 1.17 bits per heavy atom. The van der Waals surface area contributed by atoms with E-state index in [0.717, 1.165) is 5.69 Å². The van der Waals surface area contributed by atoms with Crippen LogP contribution in [0.2, 0.25) is 0 Å². The van der Waals surface area contributed by atoms with Crippen molar-refractivity contribution in [3.8, 4) is 0 Å². The molecule has 24 heavy (non-hydrogen) atoms. The summed E-state index contributed by atoms with van der Waals surface area (Å²) in [6.45, 7) is 3.60. The van der Waals surface area contributed by atoms with Crippen LogP contribution >= 0.6 is 11.3 Å². The minimum atomic E-state index is -0.333. The highest BCUT2D eigenvalue weighted by Gasteiger charge is 2.16. The van der Waals surface area contributed by atoms with Crippen LogP contribution in [0.25, 0.3) is 0 Å². The summed E-state index contributed by atoms with van der Waals surface area (Å²) in [5, 5.41) is 14.5. The Morgan fingerprint density at radius 2 is 2.00 bits per heavy atom. The number of H-pyrrole nitrogens is 1. The highest BCUT2D eigenvalue weighted by Crippen LogP contribution is 2.21. The second kappa shape index (κ2) is 6.63. The summed E-state index contributed by atoms with van der Waals surface area (Å²) in [6, 6.07) is 6.82. The van der Waals surface area contributed by atoms with Gasteiger partial charge in [0.2, 0.25) is 0 Å². The van der Waals surface area contributed by atoms with E-state index in [1.165, 1.54) is 11.3 Å². The fourth-order valence-corrected chi connectivity index (χ4v) is 2.71. The molecule has 0 saturated carbocycles. The fraction of sp³-hybridized carbons (Fsp3) is 0.125. The number of carbonyl (C=O) groups excluding carboxylic acids is 2. The van der Waals surface area contributed by atoms with Crippen LogP contribution in [0.5, 0.6) is 0 Å². The minimum absolute atomic E-state index is 0.269. The number of aryl methyl sites for hydroxylation is 1. The maximum atomic E-state index is 12.4. The summed E-state index contributed by atoms with van der Waals surface area (Å²) in [5.41, 5.74) is 2.80. The van der Waals surface area contributed by atoms with Crippen molar-refractivity contribution in [3.05, 3.63) is 58.4 Å². The number of aromatic amines is 1. The molecule has 3 aromatic rings. The van der Waals surface area contributed by atoms with Gasteiger partial charge >= 0.3 is 0 Å². The molecule has 0 atom stereocenters. The molecule has 1 aromatic carbocycles. The molecule has 0 spiro atoms. The average Bonchev–Trinajstić information content (AvgIpc) is 3.21. The van der Waals surface area contributed by atoms with Crippen molar-refractivity contribution in [2.75, 3.05) is 10.6 Å². The van der Waals surface area contributed by atoms with Gasteiger partial charge in [-0.2, -0.15) is 5.10 Å². The number of anilines is 2. The molecule has 0 fully saturated rings.